The van der Waals surface area contributed by atoms with Crippen molar-refractivity contribution in [2.45, 2.75) is 103 Å². The molecule has 0 spiro atoms. The monoisotopic (exact) mass is 1040 g/mol. The molecular formula is C48H50F6N8O8S2. The molecule has 8 N–H and O–H groups in total. The smallest absolute Gasteiger partial charge is 0.433 e. The van der Waals surface area contributed by atoms with Gasteiger partial charge in [-0.25, -0.2) is 29.9 Å². The molecule has 8 rings (SSSR count). The Hall–Kier alpha value is -6.18. The van der Waals surface area contributed by atoms with E-state index in [-0.39, 0.29) is 47.6 Å². The Labute approximate surface area is 416 Å². The zero-order chi connectivity index (χ0) is 52.9. The summed E-state index contributed by atoms with van der Waals surface area (Å²) in [6, 6.07) is 12.1. The third-order valence-corrected chi connectivity index (χ3v) is 15.3. The fourth-order valence-electron chi connectivity index (χ4n) is 9.27. The van der Waals surface area contributed by atoms with Gasteiger partial charge in [-0.1, -0.05) is 39.8 Å². The number of halogens is 6. The van der Waals surface area contributed by atoms with E-state index in [9.17, 15) is 66.6 Å². The maximum absolute atomic E-state index is 13.0. The van der Waals surface area contributed by atoms with Crippen LogP contribution in [0.4, 0.5) is 49.6 Å². The van der Waals surface area contributed by atoms with E-state index in [1.807, 2.05) is 26.0 Å². The largest absolute Gasteiger partial charge is 0.481 e. The molecule has 4 aromatic heterocycles. The van der Waals surface area contributed by atoms with Gasteiger partial charge >= 0.3 is 24.3 Å². The van der Waals surface area contributed by atoms with E-state index in [4.69, 9.17) is 0 Å². The standard InChI is InChI=1S/2C24H25F3N4O4S/c2*1-12-6-13(8-14(7-12)30-21-28-5-4-17(31-21)24(25,26)27)16-10-29-20(36-16)23(35)11-22(2,3)15(19(33)34)9-18(23)32/h2*4-8,10,15,18,32,35H,9,11H2,1-3H3,(H,33,34)(H,28,30,31)/t15-,18?,23+;15-,18+,23-/m11/s1. The van der Waals surface area contributed by atoms with Gasteiger partial charge in [0.2, 0.25) is 11.9 Å². The number of aliphatic hydroxyl groups excluding tert-OH is 2. The number of aromatic nitrogens is 6. The number of carboxylic acid groups (broad SMARTS) is 2. The molecule has 6 aromatic rings. The number of benzene rings is 2. The van der Waals surface area contributed by atoms with Crippen LogP contribution in [0, 0.1) is 36.5 Å². The van der Waals surface area contributed by atoms with Crippen LogP contribution >= 0.6 is 22.7 Å². The summed E-state index contributed by atoms with van der Waals surface area (Å²) in [6.45, 7) is 10.6. The van der Waals surface area contributed by atoms with Crippen LogP contribution in [0.5, 0.6) is 0 Å². The number of aliphatic carboxylic acids is 2. The number of aliphatic hydroxyl groups is 4. The van der Waals surface area contributed by atoms with E-state index < -0.39 is 81.8 Å². The number of hydrogen-bond donors (Lipinski definition) is 8. The number of carboxylic acids is 2. The fraction of sp³-hybridized carbons (Fsp3) is 0.417. The minimum Gasteiger partial charge on any atom is -0.481 e. The molecule has 0 saturated heterocycles. The molecule has 1 unspecified atom stereocenters. The first-order valence-corrected chi connectivity index (χ1v) is 23.8. The second-order valence-electron chi connectivity index (χ2n) is 19.5. The lowest BCUT2D eigenvalue weighted by Gasteiger charge is -2.47. The lowest BCUT2D eigenvalue weighted by atomic mass is 9.62. The van der Waals surface area contributed by atoms with Crippen LogP contribution in [-0.4, -0.2) is 84.7 Å². The Morgan fingerprint density at radius 3 is 1.31 bits per heavy atom. The van der Waals surface area contributed by atoms with Crippen LogP contribution in [0.15, 0.2) is 73.3 Å². The van der Waals surface area contributed by atoms with Crippen molar-refractivity contribution in [3.05, 3.63) is 106 Å². The number of carbonyl (C=O) groups is 2. The second-order valence-corrected chi connectivity index (χ2v) is 21.5. The molecular weight excluding hydrogens is 995 g/mol. The zero-order valence-corrected chi connectivity index (χ0v) is 41.0. The predicted molar refractivity (Wildman–Crippen MR) is 253 cm³/mol. The molecule has 2 aliphatic carbocycles. The first-order chi connectivity index (χ1) is 33.4. The summed E-state index contributed by atoms with van der Waals surface area (Å²) >= 11 is 2.32. The normalized spacial score (nSPS) is 23.9. The third kappa shape index (κ3) is 11.5. The molecule has 4 heterocycles. The van der Waals surface area contributed by atoms with Gasteiger partial charge in [0.05, 0.1) is 33.8 Å². The van der Waals surface area contributed by atoms with Gasteiger partial charge in [-0.15, -0.1) is 22.7 Å². The molecule has 0 aliphatic heterocycles. The number of nitrogens with one attached hydrogen (secondary N) is 2. The average Bonchev–Trinajstić information content (AvgIpc) is 3.98. The Balaban J connectivity index is 0.000000211. The second kappa shape index (κ2) is 19.7. The first-order valence-electron chi connectivity index (χ1n) is 22.2. The molecule has 0 bridgehead atoms. The lowest BCUT2D eigenvalue weighted by molar-refractivity contribution is -0.176. The van der Waals surface area contributed by atoms with Gasteiger partial charge in [-0.3, -0.25) is 9.59 Å². The van der Waals surface area contributed by atoms with Crippen molar-refractivity contribution < 1.29 is 66.6 Å². The minimum atomic E-state index is -4.60. The molecule has 2 saturated carbocycles. The predicted octanol–water partition coefficient (Wildman–Crippen LogP) is 9.48. The summed E-state index contributed by atoms with van der Waals surface area (Å²) in [4.78, 5) is 48.1. The highest BCUT2D eigenvalue weighted by Gasteiger charge is 2.56. The van der Waals surface area contributed by atoms with Crippen molar-refractivity contribution in [3.63, 3.8) is 0 Å². The molecule has 2 fully saturated rings. The van der Waals surface area contributed by atoms with Crippen molar-refractivity contribution in [2.24, 2.45) is 22.7 Å². The highest BCUT2D eigenvalue weighted by molar-refractivity contribution is 7.15. The molecule has 16 nitrogen and oxygen atoms in total. The van der Waals surface area contributed by atoms with Crippen LogP contribution in [0.3, 0.4) is 0 Å². The molecule has 2 aromatic carbocycles. The highest BCUT2D eigenvalue weighted by atomic mass is 32.1. The quantitative estimate of drug-likeness (QED) is 0.0594. The third-order valence-electron chi connectivity index (χ3n) is 12.8. The SMILES string of the molecule is Cc1cc(Nc2nccc(C(F)(F)F)n2)cc(-c2cnc([C@@]3(O)CC(C)(C)[C@@H](C(=O)O)C[C@@H]3O)s2)c1.Cc1cc(Nc2nccc(C(F)(F)F)n2)cc(-c2cnc([C@]3(O)CC(C)(C)[C@@H](C(=O)O)CC3O)s2)c1. The molecule has 72 heavy (non-hydrogen) atoms. The van der Waals surface area contributed by atoms with Gasteiger partial charge in [-0.2, -0.15) is 26.3 Å². The molecule has 24 heteroatoms. The number of hydrogen-bond acceptors (Lipinski definition) is 16. The fourth-order valence-corrected chi connectivity index (χ4v) is 11.4. The summed E-state index contributed by atoms with van der Waals surface area (Å²) in [5, 5.41) is 69.3. The van der Waals surface area contributed by atoms with Gasteiger partial charge in [0.15, 0.2) is 0 Å². The summed E-state index contributed by atoms with van der Waals surface area (Å²) in [6.07, 6.45) is -6.87. The van der Waals surface area contributed by atoms with E-state index in [1.165, 1.54) is 0 Å². The van der Waals surface area contributed by atoms with Crippen LogP contribution in [0.2, 0.25) is 0 Å². The Kier molecular flexibility index (Phi) is 14.7. The number of alkyl halides is 6. The van der Waals surface area contributed by atoms with Crippen molar-refractivity contribution in [1.29, 1.82) is 0 Å². The van der Waals surface area contributed by atoms with E-state index in [1.54, 1.807) is 64.4 Å². The molecule has 6 atom stereocenters. The van der Waals surface area contributed by atoms with E-state index in [0.717, 1.165) is 58.3 Å². The number of nitrogens with zero attached hydrogens (tertiary/aromatic N) is 6. The number of rotatable bonds is 10. The van der Waals surface area contributed by atoms with Crippen LogP contribution in [0.25, 0.3) is 20.9 Å². The van der Waals surface area contributed by atoms with E-state index in [0.29, 0.717) is 32.3 Å². The Morgan fingerprint density at radius 1 is 0.611 bits per heavy atom. The topological polar surface area (TPSA) is 257 Å². The van der Waals surface area contributed by atoms with Crippen molar-refractivity contribution in [3.8, 4) is 20.9 Å². The van der Waals surface area contributed by atoms with Gasteiger partial charge in [-0.05, 0) is 109 Å². The zero-order valence-electron chi connectivity index (χ0n) is 39.3. The van der Waals surface area contributed by atoms with Crippen molar-refractivity contribution in [1.82, 2.24) is 29.9 Å². The van der Waals surface area contributed by atoms with Gasteiger partial charge in [0.1, 0.15) is 32.6 Å². The Bertz CT molecular complexity index is 2790. The lowest BCUT2D eigenvalue weighted by Crippen LogP contribution is -2.53. The summed E-state index contributed by atoms with van der Waals surface area (Å²) in [5.74, 6) is -4.08. The number of thiazole rings is 2. The van der Waals surface area contributed by atoms with Crippen molar-refractivity contribution in [2.75, 3.05) is 10.6 Å². The molecule has 0 amide bonds. The van der Waals surface area contributed by atoms with Crippen LogP contribution < -0.4 is 10.6 Å². The maximum Gasteiger partial charge on any atom is 0.433 e. The summed E-state index contributed by atoms with van der Waals surface area (Å²) in [5.41, 5.74) is -3.22. The van der Waals surface area contributed by atoms with Crippen LogP contribution in [0.1, 0.15) is 85.9 Å². The van der Waals surface area contributed by atoms with Crippen molar-refractivity contribution >= 4 is 57.9 Å². The summed E-state index contributed by atoms with van der Waals surface area (Å²) < 4.78 is 77.9. The molecule has 384 valence electrons. The maximum atomic E-state index is 13.0. The first kappa shape index (κ1) is 53.6. The van der Waals surface area contributed by atoms with Crippen LogP contribution in [-0.2, 0) is 33.1 Å². The Morgan fingerprint density at radius 2 is 0.972 bits per heavy atom. The molecule has 0 radical (unpaired) electrons. The highest BCUT2D eigenvalue weighted by Crippen LogP contribution is 2.53. The number of aryl methyl sites for hydroxylation is 2. The minimum absolute atomic E-state index is 0.0125. The summed E-state index contributed by atoms with van der Waals surface area (Å²) in [7, 11) is 0. The molecule has 2 aliphatic rings. The average molecular weight is 1050 g/mol. The van der Waals surface area contributed by atoms with E-state index in [2.05, 4.69) is 40.5 Å². The van der Waals surface area contributed by atoms with E-state index >= 15 is 0 Å². The van der Waals surface area contributed by atoms with Gasteiger partial charge < -0.3 is 41.3 Å². The number of anilines is 4. The van der Waals surface area contributed by atoms with Gasteiger partial charge in [0, 0.05) is 36.2 Å². The van der Waals surface area contributed by atoms with Gasteiger partial charge in [0.25, 0.3) is 0 Å².